The molecular weight excluding hydrogens is 430 g/mol. The zero-order valence-corrected chi connectivity index (χ0v) is 19.4. The van der Waals surface area contributed by atoms with Gasteiger partial charge in [-0.05, 0) is 37.1 Å². The van der Waals surface area contributed by atoms with Crippen LogP contribution in [0.4, 0.5) is 16.4 Å². The standard InChI is InChI=1S/C26H29N5O3/c1-2-34-24(32)21-16-27-25(28-17-21)29-12-10-19(11-13-29)18-30-14-15-31(26(30)33)23-9-5-7-20-6-3-4-8-22(20)23/h3-9,16-17,19H,2,10-15,18H2,1H3. The molecule has 0 radical (unpaired) electrons. The van der Waals surface area contributed by atoms with Crippen LogP contribution in [-0.4, -0.2) is 66.2 Å². The molecule has 2 aromatic carbocycles. The maximum absolute atomic E-state index is 13.2. The fraction of sp³-hybridized carbons (Fsp3) is 0.385. The van der Waals surface area contributed by atoms with Gasteiger partial charge in [-0.25, -0.2) is 19.6 Å². The number of amides is 2. The molecular formula is C26H29N5O3. The highest BCUT2D eigenvalue weighted by molar-refractivity contribution is 6.04. The zero-order chi connectivity index (χ0) is 23.5. The minimum Gasteiger partial charge on any atom is -0.462 e. The van der Waals surface area contributed by atoms with Crippen molar-refractivity contribution in [2.24, 2.45) is 5.92 Å². The van der Waals surface area contributed by atoms with Crippen LogP contribution in [0.3, 0.4) is 0 Å². The van der Waals surface area contributed by atoms with E-state index in [1.165, 1.54) is 12.4 Å². The van der Waals surface area contributed by atoms with Crippen molar-refractivity contribution in [3.8, 4) is 0 Å². The van der Waals surface area contributed by atoms with Crippen molar-refractivity contribution in [3.05, 3.63) is 60.4 Å². The molecule has 2 saturated heterocycles. The Hall–Kier alpha value is -3.68. The van der Waals surface area contributed by atoms with E-state index in [0.717, 1.165) is 55.5 Å². The maximum Gasteiger partial charge on any atom is 0.341 e. The van der Waals surface area contributed by atoms with Gasteiger partial charge >= 0.3 is 12.0 Å². The Morgan fingerprint density at radius 3 is 2.50 bits per heavy atom. The lowest BCUT2D eigenvalue weighted by Crippen LogP contribution is -2.41. The second-order valence-corrected chi connectivity index (χ2v) is 8.80. The van der Waals surface area contributed by atoms with Crippen LogP contribution in [0.15, 0.2) is 54.9 Å². The summed E-state index contributed by atoms with van der Waals surface area (Å²) in [4.78, 5) is 39.8. The molecule has 3 heterocycles. The first-order valence-electron chi connectivity index (χ1n) is 11.9. The summed E-state index contributed by atoms with van der Waals surface area (Å²) in [5, 5.41) is 2.26. The van der Waals surface area contributed by atoms with Gasteiger partial charge in [0.15, 0.2) is 0 Å². The molecule has 1 aromatic heterocycles. The molecule has 176 valence electrons. The number of aromatic nitrogens is 2. The summed E-state index contributed by atoms with van der Waals surface area (Å²) in [7, 11) is 0. The summed E-state index contributed by atoms with van der Waals surface area (Å²) < 4.78 is 4.99. The van der Waals surface area contributed by atoms with Crippen molar-refractivity contribution in [2.45, 2.75) is 19.8 Å². The van der Waals surface area contributed by atoms with Gasteiger partial charge in [0.05, 0.1) is 17.9 Å². The van der Waals surface area contributed by atoms with Gasteiger partial charge in [0.1, 0.15) is 0 Å². The maximum atomic E-state index is 13.2. The molecule has 0 atom stereocenters. The average Bonchev–Trinajstić information content (AvgIpc) is 3.24. The molecule has 3 aromatic rings. The number of nitrogens with zero attached hydrogens (tertiary/aromatic N) is 5. The second kappa shape index (κ2) is 9.67. The molecule has 0 unspecified atom stereocenters. The highest BCUT2D eigenvalue weighted by Gasteiger charge is 2.33. The summed E-state index contributed by atoms with van der Waals surface area (Å²) in [6.45, 7) is 6.00. The summed E-state index contributed by atoms with van der Waals surface area (Å²) in [5.41, 5.74) is 1.35. The Kier molecular flexibility index (Phi) is 6.29. The van der Waals surface area contributed by atoms with Gasteiger partial charge < -0.3 is 14.5 Å². The Bertz CT molecular complexity index is 1170. The van der Waals surface area contributed by atoms with E-state index in [2.05, 4.69) is 33.1 Å². The zero-order valence-electron chi connectivity index (χ0n) is 19.4. The van der Waals surface area contributed by atoms with Crippen LogP contribution in [0.1, 0.15) is 30.1 Å². The number of anilines is 2. The number of rotatable bonds is 6. The van der Waals surface area contributed by atoms with E-state index < -0.39 is 5.97 Å². The van der Waals surface area contributed by atoms with Crippen LogP contribution < -0.4 is 9.80 Å². The third kappa shape index (κ3) is 4.40. The van der Waals surface area contributed by atoms with Gasteiger partial charge in [-0.1, -0.05) is 36.4 Å². The molecule has 5 rings (SSSR count). The van der Waals surface area contributed by atoms with E-state index in [-0.39, 0.29) is 6.03 Å². The molecule has 34 heavy (non-hydrogen) atoms. The van der Waals surface area contributed by atoms with E-state index in [4.69, 9.17) is 4.74 Å². The van der Waals surface area contributed by atoms with E-state index in [1.807, 2.05) is 34.1 Å². The predicted molar refractivity (Wildman–Crippen MR) is 131 cm³/mol. The van der Waals surface area contributed by atoms with Crippen LogP contribution in [0.25, 0.3) is 10.8 Å². The van der Waals surface area contributed by atoms with E-state index in [9.17, 15) is 9.59 Å². The number of fused-ring (bicyclic) bond motifs is 1. The molecule has 0 spiro atoms. The average molecular weight is 460 g/mol. The van der Waals surface area contributed by atoms with Crippen molar-refractivity contribution < 1.29 is 14.3 Å². The molecule has 2 aliphatic rings. The molecule has 0 saturated carbocycles. The molecule has 2 fully saturated rings. The lowest BCUT2D eigenvalue weighted by Gasteiger charge is -2.33. The number of carbonyl (C=O) groups excluding carboxylic acids is 2. The first kappa shape index (κ1) is 22.1. The SMILES string of the molecule is CCOC(=O)c1cnc(N2CCC(CN3CCN(c4cccc5ccccc45)C3=O)CC2)nc1. The first-order valence-corrected chi connectivity index (χ1v) is 11.9. The number of piperidine rings is 1. The van der Waals surface area contributed by atoms with Gasteiger partial charge in [0.2, 0.25) is 5.95 Å². The number of esters is 1. The van der Waals surface area contributed by atoms with Crippen LogP contribution in [0.5, 0.6) is 0 Å². The summed E-state index contributed by atoms with van der Waals surface area (Å²) in [5.74, 6) is 0.679. The number of hydrogen-bond acceptors (Lipinski definition) is 6. The van der Waals surface area contributed by atoms with Crippen molar-refractivity contribution in [3.63, 3.8) is 0 Å². The van der Waals surface area contributed by atoms with Crippen molar-refractivity contribution in [1.82, 2.24) is 14.9 Å². The Morgan fingerprint density at radius 1 is 1.00 bits per heavy atom. The Labute approximate surface area is 199 Å². The molecule has 2 amide bonds. The summed E-state index contributed by atoms with van der Waals surface area (Å²) in [6, 6.07) is 14.4. The van der Waals surface area contributed by atoms with Gasteiger partial charge in [-0.2, -0.15) is 0 Å². The molecule has 0 bridgehead atoms. The fourth-order valence-corrected chi connectivity index (χ4v) is 4.85. The van der Waals surface area contributed by atoms with Gasteiger partial charge in [-0.3, -0.25) is 4.90 Å². The third-order valence-corrected chi connectivity index (χ3v) is 6.68. The Morgan fingerprint density at radius 2 is 1.74 bits per heavy atom. The van der Waals surface area contributed by atoms with Crippen molar-refractivity contribution >= 4 is 34.4 Å². The van der Waals surface area contributed by atoms with Crippen LogP contribution in [0.2, 0.25) is 0 Å². The third-order valence-electron chi connectivity index (χ3n) is 6.68. The van der Waals surface area contributed by atoms with E-state index >= 15 is 0 Å². The molecule has 0 aliphatic carbocycles. The molecule has 0 N–H and O–H groups in total. The highest BCUT2D eigenvalue weighted by Crippen LogP contribution is 2.30. The van der Waals surface area contributed by atoms with Crippen molar-refractivity contribution in [2.75, 3.05) is 49.1 Å². The quantitative estimate of drug-likeness (QED) is 0.519. The number of ether oxygens (including phenoxy) is 1. The smallest absolute Gasteiger partial charge is 0.341 e. The number of carbonyl (C=O) groups is 2. The van der Waals surface area contributed by atoms with Gasteiger partial charge in [0.25, 0.3) is 0 Å². The van der Waals surface area contributed by atoms with Crippen LogP contribution in [-0.2, 0) is 4.74 Å². The van der Waals surface area contributed by atoms with Crippen LogP contribution in [0, 0.1) is 5.92 Å². The van der Waals surface area contributed by atoms with Crippen LogP contribution >= 0.6 is 0 Å². The number of urea groups is 1. The predicted octanol–water partition coefficient (Wildman–Crippen LogP) is 3.97. The fourth-order valence-electron chi connectivity index (χ4n) is 4.85. The van der Waals surface area contributed by atoms with E-state index in [1.54, 1.807) is 6.92 Å². The molecule has 8 nitrogen and oxygen atoms in total. The van der Waals surface area contributed by atoms with Gasteiger partial charge in [0, 0.05) is 50.5 Å². The molecule has 8 heteroatoms. The lowest BCUT2D eigenvalue weighted by atomic mass is 9.96. The normalized spacial score (nSPS) is 17.0. The highest BCUT2D eigenvalue weighted by atomic mass is 16.5. The summed E-state index contributed by atoms with van der Waals surface area (Å²) >= 11 is 0. The van der Waals surface area contributed by atoms with E-state index in [0.29, 0.717) is 30.6 Å². The first-order chi connectivity index (χ1) is 16.6. The molecule has 2 aliphatic heterocycles. The minimum atomic E-state index is -0.402. The minimum absolute atomic E-state index is 0.0941. The largest absolute Gasteiger partial charge is 0.462 e. The lowest BCUT2D eigenvalue weighted by molar-refractivity contribution is 0.0525. The summed E-state index contributed by atoms with van der Waals surface area (Å²) in [6.07, 6.45) is 5.00. The Balaban J connectivity index is 1.17. The monoisotopic (exact) mass is 459 g/mol. The topological polar surface area (TPSA) is 78.9 Å². The second-order valence-electron chi connectivity index (χ2n) is 8.80. The number of hydrogen-bond donors (Lipinski definition) is 0. The van der Waals surface area contributed by atoms with Gasteiger partial charge in [-0.15, -0.1) is 0 Å². The van der Waals surface area contributed by atoms with Crippen molar-refractivity contribution in [1.29, 1.82) is 0 Å². The number of benzene rings is 2.